The standard InChI is InChI=1S/C20H19N3O/c1-12-9-13(2)19(14(3)10-12)23-18-8-6-5-7-16(18)21-22-17-11-15(4)24-20(17)23/h5-11H,1-4H3. The van der Waals surface area contributed by atoms with E-state index < -0.39 is 0 Å². The van der Waals surface area contributed by atoms with E-state index in [0.29, 0.717) is 0 Å². The Hall–Kier alpha value is -2.88. The fourth-order valence-electron chi connectivity index (χ4n) is 3.42. The van der Waals surface area contributed by atoms with Gasteiger partial charge in [0.05, 0.1) is 11.4 Å². The Morgan fingerprint density at radius 3 is 2.25 bits per heavy atom. The van der Waals surface area contributed by atoms with Crippen LogP contribution in [0.3, 0.4) is 0 Å². The zero-order chi connectivity index (χ0) is 16.8. The van der Waals surface area contributed by atoms with E-state index in [-0.39, 0.29) is 0 Å². The second-order valence-electron chi connectivity index (χ2n) is 6.32. The smallest absolute Gasteiger partial charge is 0.232 e. The van der Waals surface area contributed by atoms with Gasteiger partial charge in [0.2, 0.25) is 5.88 Å². The lowest BCUT2D eigenvalue weighted by Crippen LogP contribution is -2.12. The number of anilines is 3. The van der Waals surface area contributed by atoms with Gasteiger partial charge in [-0.1, -0.05) is 29.8 Å². The molecule has 2 heterocycles. The maximum atomic E-state index is 6.02. The maximum Gasteiger partial charge on any atom is 0.232 e. The van der Waals surface area contributed by atoms with Crippen molar-refractivity contribution >= 4 is 28.6 Å². The van der Waals surface area contributed by atoms with E-state index in [0.717, 1.165) is 34.4 Å². The second kappa shape index (κ2) is 5.34. The van der Waals surface area contributed by atoms with E-state index in [1.165, 1.54) is 16.7 Å². The molecule has 0 N–H and O–H groups in total. The van der Waals surface area contributed by atoms with Crippen LogP contribution in [0.5, 0.6) is 0 Å². The molecule has 0 unspecified atom stereocenters. The van der Waals surface area contributed by atoms with Gasteiger partial charge < -0.3 is 4.42 Å². The Balaban J connectivity index is 2.06. The van der Waals surface area contributed by atoms with Gasteiger partial charge in [-0.05, 0) is 51.0 Å². The summed E-state index contributed by atoms with van der Waals surface area (Å²) in [5, 5.41) is 8.81. The molecule has 0 fully saturated rings. The van der Waals surface area contributed by atoms with Crippen molar-refractivity contribution in [1.29, 1.82) is 0 Å². The van der Waals surface area contributed by atoms with Crippen LogP contribution in [0.25, 0.3) is 0 Å². The molecule has 0 bridgehead atoms. The van der Waals surface area contributed by atoms with Gasteiger partial charge in [-0.15, -0.1) is 10.2 Å². The molecule has 0 spiro atoms. The van der Waals surface area contributed by atoms with Crippen molar-refractivity contribution in [3.63, 3.8) is 0 Å². The van der Waals surface area contributed by atoms with E-state index in [9.17, 15) is 0 Å². The number of hydrogen-bond acceptors (Lipinski definition) is 4. The van der Waals surface area contributed by atoms with Crippen LogP contribution in [0.4, 0.5) is 28.6 Å². The summed E-state index contributed by atoms with van der Waals surface area (Å²) >= 11 is 0. The average molecular weight is 317 g/mol. The normalized spacial score (nSPS) is 12.8. The largest absolute Gasteiger partial charge is 0.443 e. The van der Waals surface area contributed by atoms with Crippen molar-refractivity contribution in [2.45, 2.75) is 27.7 Å². The molecule has 0 aliphatic carbocycles. The molecule has 4 heteroatoms. The fraction of sp³-hybridized carbons (Fsp3) is 0.200. The zero-order valence-corrected chi connectivity index (χ0v) is 14.3. The lowest BCUT2D eigenvalue weighted by molar-refractivity contribution is 0.542. The molecule has 24 heavy (non-hydrogen) atoms. The summed E-state index contributed by atoms with van der Waals surface area (Å²) in [5.41, 5.74) is 7.33. The first-order valence-electron chi connectivity index (χ1n) is 8.04. The van der Waals surface area contributed by atoms with Gasteiger partial charge in [-0.25, -0.2) is 0 Å². The van der Waals surface area contributed by atoms with Crippen LogP contribution in [-0.2, 0) is 0 Å². The predicted octanol–water partition coefficient (Wildman–Crippen LogP) is 6.71. The molecular formula is C20H19N3O. The minimum atomic E-state index is 0.719. The van der Waals surface area contributed by atoms with Gasteiger partial charge in [-0.2, -0.15) is 0 Å². The third-order valence-electron chi connectivity index (χ3n) is 4.27. The van der Waals surface area contributed by atoms with Crippen molar-refractivity contribution < 1.29 is 4.42 Å². The fourth-order valence-corrected chi connectivity index (χ4v) is 3.42. The Morgan fingerprint density at radius 2 is 1.50 bits per heavy atom. The molecule has 1 aromatic heterocycles. The highest BCUT2D eigenvalue weighted by Crippen LogP contribution is 2.49. The first-order chi connectivity index (χ1) is 11.5. The van der Waals surface area contributed by atoms with Gasteiger partial charge >= 0.3 is 0 Å². The quantitative estimate of drug-likeness (QED) is 0.391. The second-order valence-corrected chi connectivity index (χ2v) is 6.32. The number of aryl methyl sites for hydroxylation is 4. The number of azo groups is 1. The van der Waals surface area contributed by atoms with Gasteiger partial charge in [0, 0.05) is 6.07 Å². The minimum absolute atomic E-state index is 0.719. The highest BCUT2D eigenvalue weighted by Gasteiger charge is 2.27. The van der Waals surface area contributed by atoms with Crippen molar-refractivity contribution in [3.05, 3.63) is 64.9 Å². The number of hydrogen-bond donors (Lipinski definition) is 0. The van der Waals surface area contributed by atoms with Gasteiger partial charge in [-0.3, -0.25) is 4.90 Å². The summed E-state index contributed by atoms with van der Waals surface area (Å²) in [6.07, 6.45) is 0. The van der Waals surface area contributed by atoms with Gasteiger partial charge in [0.25, 0.3) is 0 Å². The molecule has 4 rings (SSSR count). The Kier molecular flexibility index (Phi) is 3.27. The van der Waals surface area contributed by atoms with E-state index >= 15 is 0 Å². The van der Waals surface area contributed by atoms with Crippen LogP contribution in [0.2, 0.25) is 0 Å². The first-order valence-corrected chi connectivity index (χ1v) is 8.04. The van der Waals surface area contributed by atoms with Crippen LogP contribution in [0.1, 0.15) is 22.5 Å². The number of rotatable bonds is 1. The average Bonchev–Trinajstić information content (AvgIpc) is 2.83. The highest BCUT2D eigenvalue weighted by atomic mass is 16.4. The first kappa shape index (κ1) is 14.7. The zero-order valence-electron chi connectivity index (χ0n) is 14.3. The van der Waals surface area contributed by atoms with Crippen molar-refractivity contribution in [2.24, 2.45) is 10.2 Å². The minimum Gasteiger partial charge on any atom is -0.443 e. The molecule has 4 nitrogen and oxygen atoms in total. The molecule has 120 valence electrons. The number of fused-ring (bicyclic) bond motifs is 2. The summed E-state index contributed by atoms with van der Waals surface area (Å²) in [6, 6.07) is 14.3. The van der Waals surface area contributed by atoms with Gasteiger partial charge in [0.15, 0.2) is 0 Å². The molecule has 0 saturated heterocycles. The van der Waals surface area contributed by atoms with E-state index in [1.54, 1.807) is 0 Å². The van der Waals surface area contributed by atoms with Crippen molar-refractivity contribution in [3.8, 4) is 0 Å². The summed E-state index contributed by atoms with van der Waals surface area (Å²) < 4.78 is 6.02. The molecule has 0 radical (unpaired) electrons. The lowest BCUT2D eigenvalue weighted by atomic mass is 10.0. The Labute approximate surface area is 141 Å². The summed E-state index contributed by atoms with van der Waals surface area (Å²) in [4.78, 5) is 2.14. The van der Waals surface area contributed by atoms with Crippen LogP contribution in [0.15, 0.2) is 57.1 Å². The lowest BCUT2D eigenvalue weighted by Gasteiger charge is -2.26. The monoisotopic (exact) mass is 317 g/mol. The predicted molar refractivity (Wildman–Crippen MR) is 96.5 cm³/mol. The van der Waals surface area contributed by atoms with Gasteiger partial charge in [0.1, 0.15) is 17.1 Å². The van der Waals surface area contributed by atoms with Crippen molar-refractivity contribution in [2.75, 3.05) is 4.90 Å². The molecular weight excluding hydrogens is 298 g/mol. The highest BCUT2D eigenvalue weighted by molar-refractivity contribution is 5.88. The summed E-state index contributed by atoms with van der Waals surface area (Å²) in [7, 11) is 0. The van der Waals surface area contributed by atoms with Crippen LogP contribution in [-0.4, -0.2) is 0 Å². The van der Waals surface area contributed by atoms with Crippen LogP contribution < -0.4 is 4.90 Å². The van der Waals surface area contributed by atoms with Crippen LogP contribution in [0, 0.1) is 27.7 Å². The molecule has 0 atom stereocenters. The Morgan fingerprint density at radius 1 is 0.833 bits per heavy atom. The number of nitrogens with zero attached hydrogens (tertiary/aromatic N) is 3. The maximum absolute atomic E-state index is 6.02. The van der Waals surface area contributed by atoms with Crippen LogP contribution >= 0.6 is 0 Å². The van der Waals surface area contributed by atoms with E-state index in [2.05, 4.69) is 54.1 Å². The molecule has 1 aliphatic heterocycles. The topological polar surface area (TPSA) is 41.1 Å². The molecule has 2 aromatic carbocycles. The third kappa shape index (κ3) is 2.22. The number of para-hydroxylation sites is 1. The van der Waals surface area contributed by atoms with E-state index in [1.807, 2.05) is 31.2 Å². The molecule has 0 amide bonds. The molecule has 3 aromatic rings. The Bertz CT molecular complexity index is 946. The SMILES string of the molecule is Cc1cc(C)c(N2c3ccccc3N=Nc3cc(C)oc32)c(C)c1. The number of benzene rings is 2. The summed E-state index contributed by atoms with van der Waals surface area (Å²) in [5.74, 6) is 1.54. The molecule has 1 aliphatic rings. The number of furan rings is 1. The van der Waals surface area contributed by atoms with Crippen molar-refractivity contribution in [1.82, 2.24) is 0 Å². The third-order valence-corrected chi connectivity index (χ3v) is 4.27. The molecule has 0 saturated carbocycles. The summed E-state index contributed by atoms with van der Waals surface area (Å²) in [6.45, 7) is 8.32. The van der Waals surface area contributed by atoms with E-state index in [4.69, 9.17) is 4.42 Å².